The third kappa shape index (κ3) is 3.92. The summed E-state index contributed by atoms with van der Waals surface area (Å²) >= 11 is 0. The third-order valence-electron chi connectivity index (χ3n) is 4.73. The van der Waals surface area contributed by atoms with Crippen LogP contribution in [0.2, 0.25) is 0 Å². The molecule has 29 heavy (non-hydrogen) atoms. The Labute approximate surface area is 169 Å². The summed E-state index contributed by atoms with van der Waals surface area (Å²) < 4.78 is 33.6. The van der Waals surface area contributed by atoms with Crippen molar-refractivity contribution in [3.63, 3.8) is 0 Å². The summed E-state index contributed by atoms with van der Waals surface area (Å²) in [6.07, 6.45) is 0. The maximum atomic E-state index is 13.2. The Morgan fingerprint density at radius 3 is 1.41 bits per heavy atom. The topological polar surface area (TPSA) is 80.3 Å². The van der Waals surface area contributed by atoms with Gasteiger partial charge in [0.05, 0.1) is 4.90 Å². The molecule has 0 spiro atoms. The zero-order valence-corrected chi connectivity index (χ0v) is 16.1. The Morgan fingerprint density at radius 1 is 0.552 bits per heavy atom. The van der Waals surface area contributed by atoms with Crippen molar-refractivity contribution in [3.8, 4) is 39.1 Å². The van der Waals surface area contributed by atoms with E-state index in [0.29, 0.717) is 16.7 Å². The summed E-state index contributed by atoms with van der Waals surface area (Å²) in [5.41, 5.74) is 4.19. The van der Waals surface area contributed by atoms with Gasteiger partial charge in [-0.15, -0.1) is 0 Å². The lowest BCUT2D eigenvalue weighted by molar-refractivity contribution is -0.266. The molecule has 5 heteroatoms. The van der Waals surface area contributed by atoms with Crippen molar-refractivity contribution in [1.29, 1.82) is 0 Å². The molecule has 0 amide bonds. The molecule has 0 heterocycles. The number of hydrogen-bond acceptors (Lipinski definition) is 4. The van der Waals surface area contributed by atoms with E-state index in [1.165, 1.54) is 12.1 Å². The lowest BCUT2D eigenvalue weighted by Crippen LogP contribution is -1.99. The summed E-state index contributed by atoms with van der Waals surface area (Å²) in [7, 11) is -4.51. The minimum absolute atomic E-state index is 0.0788. The number of benzene rings is 4. The van der Waals surface area contributed by atoms with E-state index in [1.807, 2.05) is 60.7 Å². The zero-order chi connectivity index (χ0) is 20.4. The second-order valence-electron chi connectivity index (χ2n) is 6.61. The van der Waals surface area contributed by atoms with Crippen molar-refractivity contribution >= 4 is 10.1 Å². The Hall–Kier alpha value is -3.41. The quantitative estimate of drug-likeness (QED) is 0.467. The highest BCUT2D eigenvalue weighted by atomic mass is 32.2. The smallest absolute Gasteiger partial charge is 0.124 e. The fourth-order valence-electron chi connectivity index (χ4n) is 3.27. The van der Waals surface area contributed by atoms with E-state index >= 15 is 0 Å². The maximum absolute atomic E-state index is 13.2. The van der Waals surface area contributed by atoms with Crippen LogP contribution in [0.5, 0.6) is 5.75 Å². The van der Waals surface area contributed by atoms with Crippen molar-refractivity contribution < 1.29 is 18.1 Å². The Kier molecular flexibility index (Phi) is 4.92. The van der Waals surface area contributed by atoms with Crippen LogP contribution in [0.4, 0.5) is 0 Å². The van der Waals surface area contributed by atoms with E-state index in [0.717, 1.165) is 16.7 Å². The van der Waals surface area contributed by atoms with Crippen LogP contribution < -0.4 is 5.11 Å². The second kappa shape index (κ2) is 7.54. The van der Waals surface area contributed by atoms with Crippen molar-refractivity contribution in [3.05, 3.63) is 97.1 Å². The average molecular weight is 400 g/mol. The van der Waals surface area contributed by atoms with Crippen LogP contribution >= 0.6 is 0 Å². The molecule has 0 saturated heterocycles. The first-order chi connectivity index (χ1) is 13.9. The molecule has 0 N–H and O–H groups in total. The molecular formula is C24H16O4S-2. The van der Waals surface area contributed by atoms with Crippen LogP contribution in [0.3, 0.4) is 0 Å². The van der Waals surface area contributed by atoms with Gasteiger partial charge in [0.2, 0.25) is 0 Å². The lowest BCUT2D eigenvalue weighted by Gasteiger charge is -2.22. The maximum Gasteiger partial charge on any atom is 0.124 e. The summed E-state index contributed by atoms with van der Waals surface area (Å²) in [5.74, 6) is -0.0788. The van der Waals surface area contributed by atoms with Crippen LogP contribution in [-0.2, 0) is 10.1 Å². The van der Waals surface area contributed by atoms with Gasteiger partial charge >= 0.3 is 0 Å². The van der Waals surface area contributed by atoms with Gasteiger partial charge in [-0.2, -0.15) is 0 Å². The molecule has 0 unspecified atom stereocenters. The summed E-state index contributed by atoms with van der Waals surface area (Å²) in [4.78, 5) is -0.284. The van der Waals surface area contributed by atoms with E-state index in [2.05, 4.69) is 0 Å². The molecule has 0 aliphatic rings. The van der Waals surface area contributed by atoms with E-state index in [4.69, 9.17) is 0 Å². The minimum atomic E-state index is -4.51. The second-order valence-corrected chi connectivity index (χ2v) is 7.99. The van der Waals surface area contributed by atoms with Gasteiger partial charge in [-0.05, 0) is 57.6 Å². The summed E-state index contributed by atoms with van der Waals surface area (Å²) in [5, 5.41) is 13.2. The van der Waals surface area contributed by atoms with E-state index in [9.17, 15) is 18.1 Å². The van der Waals surface area contributed by atoms with Crippen LogP contribution in [0.25, 0.3) is 33.4 Å². The SMILES string of the molecule is O=S(=O)([O-])c1ccc(-c2cc(-c3ccccc3)c([O-])c(-c3ccccc3)c2)cc1. The lowest BCUT2D eigenvalue weighted by atomic mass is 9.92. The molecule has 0 aromatic heterocycles. The minimum Gasteiger partial charge on any atom is -0.872 e. The largest absolute Gasteiger partial charge is 0.872 e. The fourth-order valence-corrected chi connectivity index (χ4v) is 3.74. The molecule has 0 saturated carbocycles. The molecule has 4 rings (SSSR count). The van der Waals surface area contributed by atoms with Gasteiger partial charge in [-0.3, -0.25) is 0 Å². The highest BCUT2D eigenvalue weighted by Crippen LogP contribution is 2.40. The van der Waals surface area contributed by atoms with Gasteiger partial charge in [-0.25, -0.2) is 8.42 Å². The molecule has 0 fully saturated rings. The van der Waals surface area contributed by atoms with E-state index in [-0.39, 0.29) is 10.6 Å². The van der Waals surface area contributed by atoms with Gasteiger partial charge in [0.25, 0.3) is 0 Å². The summed E-state index contributed by atoms with van der Waals surface area (Å²) in [6.45, 7) is 0. The van der Waals surface area contributed by atoms with E-state index < -0.39 is 10.1 Å². The number of hydrogen-bond donors (Lipinski definition) is 0. The van der Waals surface area contributed by atoms with Gasteiger partial charge in [0.1, 0.15) is 10.1 Å². The predicted octanol–water partition coefficient (Wildman–Crippen LogP) is 4.67. The third-order valence-corrected chi connectivity index (χ3v) is 5.58. The molecular weight excluding hydrogens is 384 g/mol. The normalized spacial score (nSPS) is 11.3. The first-order valence-electron chi connectivity index (χ1n) is 8.96. The number of rotatable bonds is 4. The molecule has 0 aliphatic carbocycles. The van der Waals surface area contributed by atoms with Crippen LogP contribution in [-0.4, -0.2) is 13.0 Å². The molecule has 0 bridgehead atoms. The monoisotopic (exact) mass is 400 g/mol. The molecule has 0 atom stereocenters. The van der Waals surface area contributed by atoms with Crippen molar-refractivity contribution in [2.75, 3.05) is 0 Å². The highest BCUT2D eigenvalue weighted by Gasteiger charge is 2.10. The first kappa shape index (κ1) is 18.9. The Morgan fingerprint density at radius 2 is 1.00 bits per heavy atom. The predicted molar refractivity (Wildman–Crippen MR) is 110 cm³/mol. The first-order valence-corrected chi connectivity index (χ1v) is 10.4. The van der Waals surface area contributed by atoms with Crippen molar-refractivity contribution in [2.24, 2.45) is 0 Å². The van der Waals surface area contributed by atoms with Crippen LogP contribution in [0.1, 0.15) is 0 Å². The molecule has 4 nitrogen and oxygen atoms in total. The average Bonchev–Trinajstić information content (AvgIpc) is 2.75. The standard InChI is InChI=1S/C24H18O4S/c25-24-22(18-7-3-1-4-8-18)15-20(16-23(24)19-9-5-2-6-10-19)17-11-13-21(14-12-17)29(26,27)28/h1-16,25H,(H,26,27,28)/p-2. The molecule has 4 aromatic carbocycles. The zero-order valence-electron chi connectivity index (χ0n) is 15.3. The van der Waals surface area contributed by atoms with Crippen LogP contribution in [0.15, 0.2) is 102 Å². The van der Waals surface area contributed by atoms with Gasteiger partial charge in [0, 0.05) is 0 Å². The van der Waals surface area contributed by atoms with Crippen LogP contribution in [0, 0.1) is 0 Å². The van der Waals surface area contributed by atoms with E-state index in [1.54, 1.807) is 24.3 Å². The van der Waals surface area contributed by atoms with Crippen molar-refractivity contribution in [2.45, 2.75) is 4.90 Å². The molecule has 0 radical (unpaired) electrons. The van der Waals surface area contributed by atoms with Gasteiger partial charge < -0.3 is 9.66 Å². The Balaban J connectivity index is 1.93. The van der Waals surface area contributed by atoms with Gasteiger partial charge in [-0.1, -0.05) is 78.5 Å². The fraction of sp³-hybridized carbons (Fsp3) is 0. The molecule has 144 valence electrons. The van der Waals surface area contributed by atoms with Gasteiger partial charge in [0.15, 0.2) is 0 Å². The van der Waals surface area contributed by atoms with Crippen molar-refractivity contribution in [1.82, 2.24) is 0 Å². The summed E-state index contributed by atoms with van der Waals surface area (Å²) in [6, 6.07) is 28.1. The molecule has 4 aromatic rings. The highest BCUT2D eigenvalue weighted by molar-refractivity contribution is 7.85. The molecule has 0 aliphatic heterocycles. The Bertz CT molecular complexity index is 1190.